The van der Waals surface area contributed by atoms with Gasteiger partial charge in [0.05, 0.1) is 0 Å². The van der Waals surface area contributed by atoms with Crippen LogP contribution in [-0.4, -0.2) is 0 Å². The van der Waals surface area contributed by atoms with Gasteiger partial charge in [-0.2, -0.15) is 0 Å². The Bertz CT molecular complexity index is 536. The first-order valence-corrected chi connectivity index (χ1v) is 7.99. The summed E-state index contributed by atoms with van der Waals surface area (Å²) in [5.41, 5.74) is 4.25. The van der Waals surface area contributed by atoms with Crippen LogP contribution >= 0.6 is 0 Å². The van der Waals surface area contributed by atoms with Gasteiger partial charge < -0.3 is 0 Å². The maximum atomic E-state index is 3.80. The van der Waals surface area contributed by atoms with Crippen LogP contribution in [0, 0.1) is 0 Å². The zero-order valence-electron chi connectivity index (χ0n) is 13.3. The van der Waals surface area contributed by atoms with Crippen molar-refractivity contribution in [1.29, 1.82) is 0 Å². The van der Waals surface area contributed by atoms with E-state index in [1.54, 1.807) is 0 Å². The Kier molecular flexibility index (Phi) is 5.80. The Morgan fingerprint density at radius 3 is 2.19 bits per heavy atom. The van der Waals surface area contributed by atoms with Crippen LogP contribution in [0.3, 0.4) is 0 Å². The van der Waals surface area contributed by atoms with Gasteiger partial charge in [0.15, 0.2) is 0 Å². The van der Waals surface area contributed by atoms with Crippen molar-refractivity contribution in [2.24, 2.45) is 0 Å². The molecule has 0 aliphatic carbocycles. The Hall–Kier alpha value is -1.82. The van der Waals surface area contributed by atoms with Gasteiger partial charge in [0.25, 0.3) is 0 Å². The van der Waals surface area contributed by atoms with Crippen molar-refractivity contribution in [2.45, 2.75) is 44.9 Å². The molecule has 2 aromatic carbocycles. The molecule has 0 aromatic heterocycles. The predicted octanol–water partition coefficient (Wildman–Crippen LogP) is 6.10. The summed E-state index contributed by atoms with van der Waals surface area (Å²) in [6.45, 7) is 8.43. The summed E-state index contributed by atoms with van der Waals surface area (Å²) in [6.07, 6.45) is 5.32. The maximum absolute atomic E-state index is 3.80. The molecule has 0 bridgehead atoms. The quantitative estimate of drug-likeness (QED) is 0.537. The highest BCUT2D eigenvalue weighted by Crippen LogP contribution is 2.31. The molecule has 0 amide bonds. The number of rotatable bonds is 7. The molecule has 0 nitrogen and oxygen atoms in total. The molecule has 0 aliphatic heterocycles. The second kappa shape index (κ2) is 7.83. The van der Waals surface area contributed by atoms with E-state index in [9.17, 15) is 0 Å². The molecule has 110 valence electrons. The van der Waals surface area contributed by atoms with E-state index in [4.69, 9.17) is 0 Å². The highest BCUT2D eigenvalue weighted by atomic mass is 14.2. The molecular formula is C21H26. The van der Waals surface area contributed by atoms with Crippen molar-refractivity contribution in [2.75, 3.05) is 0 Å². The smallest absolute Gasteiger partial charge is 0.0100 e. The standard InChI is InChI=1S/C21H26/c1-4-9-18-12-14-20(15-13-18)17(3)16-19(5-2)21-10-7-6-8-11-21/h4,6-8,10-15,17,19H,1,5,9,16H2,2-3H3. The van der Waals surface area contributed by atoms with Crippen LogP contribution in [0.25, 0.3) is 0 Å². The topological polar surface area (TPSA) is 0 Å². The SMILES string of the molecule is C=CCc1ccc(C(C)CC(CC)c2ccccc2)cc1. The second-order valence-corrected chi connectivity index (χ2v) is 5.89. The van der Waals surface area contributed by atoms with Crippen LogP contribution in [0.2, 0.25) is 0 Å². The van der Waals surface area contributed by atoms with Crippen molar-refractivity contribution < 1.29 is 0 Å². The molecule has 2 atom stereocenters. The van der Waals surface area contributed by atoms with Gasteiger partial charge in [-0.1, -0.05) is 74.5 Å². The normalized spacial score (nSPS) is 13.6. The van der Waals surface area contributed by atoms with E-state index in [0.29, 0.717) is 11.8 Å². The van der Waals surface area contributed by atoms with Crippen molar-refractivity contribution in [3.8, 4) is 0 Å². The van der Waals surface area contributed by atoms with Gasteiger partial charge in [-0.15, -0.1) is 6.58 Å². The monoisotopic (exact) mass is 278 g/mol. The first kappa shape index (κ1) is 15.6. The van der Waals surface area contributed by atoms with Crippen molar-refractivity contribution in [3.05, 3.63) is 83.9 Å². The third-order valence-corrected chi connectivity index (χ3v) is 4.33. The van der Waals surface area contributed by atoms with Gasteiger partial charge in [-0.3, -0.25) is 0 Å². The summed E-state index contributed by atoms with van der Waals surface area (Å²) in [4.78, 5) is 0. The third-order valence-electron chi connectivity index (χ3n) is 4.33. The van der Waals surface area contributed by atoms with Gasteiger partial charge in [0, 0.05) is 0 Å². The molecule has 0 radical (unpaired) electrons. The number of benzene rings is 2. The Morgan fingerprint density at radius 1 is 0.952 bits per heavy atom. The molecule has 0 heterocycles. The van der Waals surface area contributed by atoms with Crippen LogP contribution in [0.15, 0.2) is 67.3 Å². The Balaban J connectivity index is 2.05. The average molecular weight is 278 g/mol. The van der Waals surface area contributed by atoms with Crippen molar-refractivity contribution in [1.82, 2.24) is 0 Å². The minimum Gasteiger partial charge on any atom is -0.103 e. The van der Waals surface area contributed by atoms with E-state index in [0.717, 1.165) is 6.42 Å². The van der Waals surface area contributed by atoms with Crippen LogP contribution in [-0.2, 0) is 6.42 Å². The van der Waals surface area contributed by atoms with Gasteiger partial charge in [-0.05, 0) is 47.8 Å². The minimum absolute atomic E-state index is 0.591. The molecule has 0 aliphatic rings. The fourth-order valence-corrected chi connectivity index (χ4v) is 2.98. The van der Waals surface area contributed by atoms with E-state index in [1.807, 2.05) is 6.08 Å². The van der Waals surface area contributed by atoms with Gasteiger partial charge >= 0.3 is 0 Å². The predicted molar refractivity (Wildman–Crippen MR) is 92.8 cm³/mol. The number of hydrogen-bond acceptors (Lipinski definition) is 0. The summed E-state index contributed by atoms with van der Waals surface area (Å²) < 4.78 is 0. The molecule has 2 rings (SSSR count). The number of allylic oxidation sites excluding steroid dienone is 1. The van der Waals surface area contributed by atoms with Gasteiger partial charge in [0.1, 0.15) is 0 Å². The lowest BCUT2D eigenvalue weighted by Gasteiger charge is -2.20. The molecular weight excluding hydrogens is 252 g/mol. The largest absolute Gasteiger partial charge is 0.103 e. The zero-order chi connectivity index (χ0) is 15.1. The summed E-state index contributed by atoms with van der Waals surface area (Å²) in [5.74, 6) is 1.24. The van der Waals surface area contributed by atoms with Gasteiger partial charge in [0.2, 0.25) is 0 Å². The molecule has 0 heteroatoms. The molecule has 0 N–H and O–H groups in total. The highest BCUT2D eigenvalue weighted by molar-refractivity contribution is 5.27. The Labute approximate surface area is 129 Å². The summed E-state index contributed by atoms with van der Waals surface area (Å²) in [6, 6.07) is 19.9. The molecule has 0 saturated carbocycles. The summed E-state index contributed by atoms with van der Waals surface area (Å²) in [7, 11) is 0. The first-order valence-electron chi connectivity index (χ1n) is 7.99. The molecule has 0 saturated heterocycles. The van der Waals surface area contributed by atoms with E-state index in [2.05, 4.69) is 75.0 Å². The van der Waals surface area contributed by atoms with E-state index in [-0.39, 0.29) is 0 Å². The fraction of sp³-hybridized carbons (Fsp3) is 0.333. The van der Waals surface area contributed by atoms with Crippen molar-refractivity contribution in [3.63, 3.8) is 0 Å². The highest BCUT2D eigenvalue weighted by Gasteiger charge is 2.14. The number of hydrogen-bond donors (Lipinski definition) is 0. The summed E-state index contributed by atoms with van der Waals surface area (Å²) in [5, 5.41) is 0. The van der Waals surface area contributed by atoms with Crippen LogP contribution in [0.4, 0.5) is 0 Å². The first-order chi connectivity index (χ1) is 10.2. The van der Waals surface area contributed by atoms with Crippen molar-refractivity contribution >= 4 is 0 Å². The average Bonchev–Trinajstić information content (AvgIpc) is 2.54. The molecule has 21 heavy (non-hydrogen) atoms. The Morgan fingerprint density at radius 2 is 1.62 bits per heavy atom. The lowest BCUT2D eigenvalue weighted by atomic mass is 9.84. The maximum Gasteiger partial charge on any atom is -0.0100 e. The zero-order valence-corrected chi connectivity index (χ0v) is 13.3. The summed E-state index contributed by atoms with van der Waals surface area (Å²) >= 11 is 0. The van der Waals surface area contributed by atoms with Crippen LogP contribution in [0.1, 0.15) is 55.2 Å². The third kappa shape index (κ3) is 4.32. The van der Waals surface area contributed by atoms with Gasteiger partial charge in [-0.25, -0.2) is 0 Å². The lowest BCUT2D eigenvalue weighted by Crippen LogP contribution is -2.03. The fourth-order valence-electron chi connectivity index (χ4n) is 2.98. The van der Waals surface area contributed by atoms with E-state index < -0.39 is 0 Å². The molecule has 0 fully saturated rings. The lowest BCUT2D eigenvalue weighted by molar-refractivity contribution is 0.544. The van der Waals surface area contributed by atoms with E-state index >= 15 is 0 Å². The minimum atomic E-state index is 0.591. The van der Waals surface area contributed by atoms with Crippen LogP contribution < -0.4 is 0 Å². The van der Waals surface area contributed by atoms with E-state index in [1.165, 1.54) is 29.5 Å². The molecule has 0 spiro atoms. The molecule has 2 aromatic rings. The molecule has 2 unspecified atom stereocenters. The van der Waals surface area contributed by atoms with Crippen LogP contribution in [0.5, 0.6) is 0 Å². The second-order valence-electron chi connectivity index (χ2n) is 5.89.